The van der Waals surface area contributed by atoms with Gasteiger partial charge in [-0.1, -0.05) is 0 Å². The van der Waals surface area contributed by atoms with Crippen LogP contribution in [0.25, 0.3) is 0 Å². The maximum atomic E-state index is 10.9. The molecule has 0 unspecified atom stereocenters. The minimum atomic E-state index is -0.539. The molecule has 0 aromatic carbocycles. The van der Waals surface area contributed by atoms with E-state index in [0.29, 0.717) is 13.1 Å². The lowest BCUT2D eigenvalue weighted by Gasteiger charge is -2.19. The number of rotatable bonds is 5. The maximum Gasteiger partial charge on any atom is 0.354 e. The number of anilines is 2. The Hall–Kier alpha value is -1.96. The molecule has 1 aromatic heterocycles. The molecule has 3 N–H and O–H groups in total. The monoisotopic (exact) mass is 226 g/mol. The van der Waals surface area contributed by atoms with E-state index in [1.807, 2.05) is 13.8 Å². The van der Waals surface area contributed by atoms with Crippen molar-refractivity contribution in [2.75, 3.05) is 23.4 Å². The first-order chi connectivity index (χ1) is 7.65. The fourth-order valence-corrected chi connectivity index (χ4v) is 1.40. The highest BCUT2D eigenvalue weighted by molar-refractivity contribution is 5.69. The smallest absolute Gasteiger partial charge is 0.351 e. The number of nitrogens with one attached hydrogen (secondary N) is 1. The van der Waals surface area contributed by atoms with Gasteiger partial charge in [-0.25, -0.2) is 15.8 Å². The van der Waals surface area contributed by atoms with Crippen LogP contribution in [0.15, 0.2) is 6.33 Å². The van der Waals surface area contributed by atoms with Crippen LogP contribution in [0.5, 0.6) is 0 Å². The van der Waals surface area contributed by atoms with Gasteiger partial charge in [-0.15, -0.1) is 0 Å². The van der Waals surface area contributed by atoms with Crippen LogP contribution >= 0.6 is 0 Å². The highest BCUT2D eigenvalue weighted by Gasteiger charge is 2.25. The fourth-order valence-electron chi connectivity index (χ4n) is 1.40. The second kappa shape index (κ2) is 5.21. The highest BCUT2D eigenvalue weighted by Crippen LogP contribution is 2.30. The first kappa shape index (κ1) is 12.1. The van der Waals surface area contributed by atoms with Crippen LogP contribution in [0.4, 0.5) is 17.3 Å². The summed E-state index contributed by atoms with van der Waals surface area (Å²) in [5, 5.41) is 10.9. The number of aromatic nitrogens is 2. The van der Waals surface area contributed by atoms with Crippen LogP contribution in [-0.2, 0) is 0 Å². The van der Waals surface area contributed by atoms with Gasteiger partial charge in [-0.3, -0.25) is 10.1 Å². The molecule has 0 saturated carbocycles. The van der Waals surface area contributed by atoms with Crippen molar-refractivity contribution in [3.63, 3.8) is 0 Å². The van der Waals surface area contributed by atoms with Crippen molar-refractivity contribution in [2.45, 2.75) is 13.8 Å². The molecule has 16 heavy (non-hydrogen) atoms. The third-order valence-corrected chi connectivity index (χ3v) is 2.19. The molecule has 8 nitrogen and oxygen atoms in total. The van der Waals surface area contributed by atoms with Gasteiger partial charge in [0, 0.05) is 13.1 Å². The molecule has 1 aromatic rings. The van der Waals surface area contributed by atoms with Gasteiger partial charge in [0.25, 0.3) is 0 Å². The Balaban J connectivity index is 3.31. The molecule has 8 heteroatoms. The van der Waals surface area contributed by atoms with E-state index in [-0.39, 0.29) is 17.3 Å². The molecule has 0 amide bonds. The topological polar surface area (TPSA) is 110 Å². The zero-order chi connectivity index (χ0) is 12.1. The Kier molecular flexibility index (Phi) is 3.95. The number of nitrogen functional groups attached to an aromatic ring is 1. The number of hydrogen-bond acceptors (Lipinski definition) is 7. The molecule has 1 heterocycles. The normalized spacial score (nSPS) is 9.94. The van der Waals surface area contributed by atoms with E-state index in [9.17, 15) is 10.1 Å². The van der Waals surface area contributed by atoms with Crippen LogP contribution < -0.4 is 16.2 Å². The van der Waals surface area contributed by atoms with Crippen molar-refractivity contribution >= 4 is 17.3 Å². The Bertz CT molecular complexity index is 379. The van der Waals surface area contributed by atoms with E-state index >= 15 is 0 Å². The summed E-state index contributed by atoms with van der Waals surface area (Å²) in [4.78, 5) is 19.8. The maximum absolute atomic E-state index is 10.9. The second-order valence-corrected chi connectivity index (χ2v) is 2.97. The number of hydrogen-bond donors (Lipinski definition) is 2. The van der Waals surface area contributed by atoms with Crippen LogP contribution in [0, 0.1) is 10.1 Å². The molecule has 0 radical (unpaired) electrons. The number of nitro groups is 1. The van der Waals surface area contributed by atoms with Crippen molar-refractivity contribution in [3.8, 4) is 0 Å². The van der Waals surface area contributed by atoms with Crippen LogP contribution in [0.1, 0.15) is 13.8 Å². The molecule has 0 fully saturated rings. The molecular formula is C8H14N6O2. The van der Waals surface area contributed by atoms with E-state index in [2.05, 4.69) is 15.4 Å². The fraction of sp³-hybridized carbons (Fsp3) is 0.500. The molecule has 0 bridgehead atoms. The average molecular weight is 226 g/mol. The third kappa shape index (κ3) is 2.16. The predicted molar refractivity (Wildman–Crippen MR) is 60.1 cm³/mol. The molecule has 0 saturated heterocycles. The first-order valence-electron chi connectivity index (χ1n) is 4.86. The van der Waals surface area contributed by atoms with Crippen molar-refractivity contribution in [1.82, 2.24) is 9.97 Å². The van der Waals surface area contributed by atoms with Crippen LogP contribution in [0.3, 0.4) is 0 Å². The Morgan fingerprint density at radius 1 is 1.50 bits per heavy atom. The summed E-state index contributed by atoms with van der Waals surface area (Å²) in [7, 11) is 0. The molecular weight excluding hydrogens is 212 g/mol. The standard InChI is InChI=1S/C8H14N6O2/c1-3-13(4-2)8-6(14(15)16)7(12-9)10-5-11-8/h5H,3-4,9H2,1-2H3,(H,10,11,12). The van der Waals surface area contributed by atoms with E-state index in [1.165, 1.54) is 6.33 Å². The zero-order valence-corrected chi connectivity index (χ0v) is 9.17. The van der Waals surface area contributed by atoms with E-state index in [0.717, 1.165) is 0 Å². The van der Waals surface area contributed by atoms with E-state index in [1.54, 1.807) is 4.90 Å². The van der Waals surface area contributed by atoms with E-state index in [4.69, 9.17) is 5.84 Å². The number of nitrogens with two attached hydrogens (primary N) is 1. The lowest BCUT2D eigenvalue weighted by atomic mass is 10.4. The molecule has 88 valence electrons. The highest BCUT2D eigenvalue weighted by atomic mass is 16.6. The van der Waals surface area contributed by atoms with Gasteiger partial charge in [0.15, 0.2) is 0 Å². The number of hydrazine groups is 1. The Morgan fingerprint density at radius 3 is 2.56 bits per heavy atom. The summed E-state index contributed by atoms with van der Waals surface area (Å²) in [6.07, 6.45) is 1.25. The lowest BCUT2D eigenvalue weighted by Crippen LogP contribution is -2.25. The second-order valence-electron chi connectivity index (χ2n) is 2.97. The van der Waals surface area contributed by atoms with Crippen LogP contribution in [-0.4, -0.2) is 28.0 Å². The minimum absolute atomic E-state index is 0.0156. The summed E-state index contributed by atoms with van der Waals surface area (Å²) in [5.74, 6) is 5.47. The van der Waals surface area contributed by atoms with Crippen molar-refractivity contribution in [3.05, 3.63) is 16.4 Å². The van der Waals surface area contributed by atoms with Crippen molar-refractivity contribution < 1.29 is 4.92 Å². The summed E-state index contributed by atoms with van der Waals surface area (Å²) in [6, 6.07) is 0. The SMILES string of the molecule is CCN(CC)c1ncnc(NN)c1[N+](=O)[O-]. The van der Waals surface area contributed by atoms with Gasteiger partial charge >= 0.3 is 5.69 Å². The summed E-state index contributed by atoms with van der Waals surface area (Å²) in [6.45, 7) is 5.03. The third-order valence-electron chi connectivity index (χ3n) is 2.19. The van der Waals surface area contributed by atoms with Gasteiger partial charge in [-0.05, 0) is 13.8 Å². The molecule has 0 aliphatic rings. The molecule has 0 aliphatic heterocycles. The summed E-state index contributed by atoms with van der Waals surface area (Å²) < 4.78 is 0. The van der Waals surface area contributed by atoms with Gasteiger partial charge in [0.2, 0.25) is 11.6 Å². The predicted octanol–water partition coefficient (Wildman–Crippen LogP) is 0.517. The van der Waals surface area contributed by atoms with Crippen molar-refractivity contribution in [1.29, 1.82) is 0 Å². The first-order valence-corrected chi connectivity index (χ1v) is 4.86. The lowest BCUT2D eigenvalue weighted by molar-refractivity contribution is -0.383. The summed E-state index contributed by atoms with van der Waals surface area (Å²) >= 11 is 0. The van der Waals surface area contributed by atoms with Gasteiger partial charge in [0.1, 0.15) is 6.33 Å². The van der Waals surface area contributed by atoms with E-state index < -0.39 is 4.92 Å². The molecule has 0 aliphatic carbocycles. The molecule has 0 atom stereocenters. The zero-order valence-electron chi connectivity index (χ0n) is 9.17. The molecule has 0 spiro atoms. The Morgan fingerprint density at radius 2 is 2.12 bits per heavy atom. The average Bonchev–Trinajstić information content (AvgIpc) is 2.30. The Labute approximate surface area is 92.6 Å². The number of nitrogens with zero attached hydrogens (tertiary/aromatic N) is 4. The quantitative estimate of drug-likeness (QED) is 0.427. The van der Waals surface area contributed by atoms with Crippen molar-refractivity contribution in [2.24, 2.45) is 5.84 Å². The van der Waals surface area contributed by atoms with Gasteiger partial charge in [-0.2, -0.15) is 0 Å². The van der Waals surface area contributed by atoms with Gasteiger partial charge < -0.3 is 10.3 Å². The van der Waals surface area contributed by atoms with Gasteiger partial charge in [0.05, 0.1) is 4.92 Å². The largest absolute Gasteiger partial charge is 0.354 e. The molecule has 1 rings (SSSR count). The summed E-state index contributed by atoms with van der Waals surface area (Å²) in [5.41, 5.74) is 2.00. The van der Waals surface area contributed by atoms with Crippen LogP contribution in [0.2, 0.25) is 0 Å². The minimum Gasteiger partial charge on any atom is -0.351 e.